The van der Waals surface area contributed by atoms with Crippen molar-refractivity contribution in [2.75, 3.05) is 0 Å². The van der Waals surface area contributed by atoms with Crippen molar-refractivity contribution in [1.29, 1.82) is 0 Å². The number of ketones is 1. The number of aromatic nitrogens is 2. The van der Waals surface area contributed by atoms with E-state index in [0.29, 0.717) is 11.1 Å². The molecular weight excluding hydrogens is 292 g/mol. The number of fused-ring (bicyclic) bond motifs is 1. The van der Waals surface area contributed by atoms with Crippen molar-refractivity contribution in [3.8, 4) is 5.75 Å². The molecule has 0 saturated heterocycles. The fourth-order valence-electron chi connectivity index (χ4n) is 2.48. The Hall–Kier alpha value is -2.95. The van der Waals surface area contributed by atoms with Crippen LogP contribution in [0.4, 0.5) is 0 Å². The number of aryl methyl sites for hydroxylation is 2. The Balaban J connectivity index is 2.19. The maximum Gasteiger partial charge on any atom is 0.308 e. The molecule has 0 spiro atoms. The van der Waals surface area contributed by atoms with Gasteiger partial charge in [-0.1, -0.05) is 11.6 Å². The number of carbonyl (C=O) groups is 2. The van der Waals surface area contributed by atoms with Crippen LogP contribution < -0.4 is 4.74 Å². The van der Waals surface area contributed by atoms with Crippen LogP contribution in [0.1, 0.15) is 34.2 Å². The third kappa shape index (κ3) is 2.85. The highest BCUT2D eigenvalue weighted by Gasteiger charge is 2.22. The van der Waals surface area contributed by atoms with Crippen LogP contribution in [0.5, 0.6) is 5.75 Å². The first-order valence-electron chi connectivity index (χ1n) is 7.24. The number of ether oxygens (including phenoxy) is 1. The van der Waals surface area contributed by atoms with Gasteiger partial charge < -0.3 is 9.72 Å². The molecule has 0 saturated carbocycles. The van der Waals surface area contributed by atoms with Gasteiger partial charge in [0.05, 0.1) is 0 Å². The summed E-state index contributed by atoms with van der Waals surface area (Å²) in [4.78, 5) is 31.4. The fraction of sp³-hybridized carbons (Fsp3) is 0.167. The van der Waals surface area contributed by atoms with E-state index < -0.39 is 5.97 Å². The number of aromatic amines is 1. The predicted octanol–water partition coefficient (Wildman–Crippen LogP) is 3.34. The molecule has 2 heterocycles. The van der Waals surface area contributed by atoms with E-state index in [1.165, 1.54) is 6.92 Å². The number of hydrogen-bond acceptors (Lipinski definition) is 4. The highest BCUT2D eigenvalue weighted by atomic mass is 16.5. The van der Waals surface area contributed by atoms with Crippen molar-refractivity contribution in [2.24, 2.45) is 0 Å². The van der Waals surface area contributed by atoms with E-state index in [4.69, 9.17) is 4.74 Å². The summed E-state index contributed by atoms with van der Waals surface area (Å²) in [7, 11) is 0. The number of nitrogens with one attached hydrogen (secondary N) is 1. The van der Waals surface area contributed by atoms with Crippen LogP contribution in [0.15, 0.2) is 36.5 Å². The minimum Gasteiger partial charge on any atom is -0.424 e. The summed E-state index contributed by atoms with van der Waals surface area (Å²) in [5.74, 6) is -0.526. The van der Waals surface area contributed by atoms with Gasteiger partial charge in [0, 0.05) is 24.0 Å². The SMILES string of the molecule is CC(=O)Oc1c(C(=O)c2cc(C)ccn2)[nH]c2ccc(C)cc12. The zero-order valence-electron chi connectivity index (χ0n) is 13.1. The second-order valence-corrected chi connectivity index (χ2v) is 5.52. The second-order valence-electron chi connectivity index (χ2n) is 5.52. The average Bonchev–Trinajstić information content (AvgIpc) is 2.84. The summed E-state index contributed by atoms with van der Waals surface area (Å²) in [5, 5.41) is 0.705. The second kappa shape index (κ2) is 5.68. The number of nitrogens with zero attached hydrogens (tertiary/aromatic N) is 1. The highest BCUT2D eigenvalue weighted by Crippen LogP contribution is 2.32. The lowest BCUT2D eigenvalue weighted by molar-refractivity contribution is -0.131. The summed E-state index contributed by atoms with van der Waals surface area (Å²) in [6, 6.07) is 9.19. The van der Waals surface area contributed by atoms with Crippen LogP contribution in [0, 0.1) is 13.8 Å². The lowest BCUT2D eigenvalue weighted by Crippen LogP contribution is -2.09. The molecule has 23 heavy (non-hydrogen) atoms. The van der Waals surface area contributed by atoms with Gasteiger partial charge in [-0.15, -0.1) is 0 Å². The number of pyridine rings is 1. The topological polar surface area (TPSA) is 72.1 Å². The molecule has 0 bridgehead atoms. The molecular formula is C18H16N2O3. The normalized spacial score (nSPS) is 10.7. The van der Waals surface area contributed by atoms with Gasteiger partial charge in [0.2, 0.25) is 5.78 Å². The van der Waals surface area contributed by atoms with Crippen LogP contribution in [-0.4, -0.2) is 21.7 Å². The van der Waals surface area contributed by atoms with E-state index in [1.807, 2.05) is 38.1 Å². The minimum absolute atomic E-state index is 0.235. The summed E-state index contributed by atoms with van der Waals surface area (Å²) in [5.41, 5.74) is 3.23. The molecule has 0 radical (unpaired) electrons. The molecule has 0 aliphatic rings. The summed E-state index contributed by atoms with van der Waals surface area (Å²) < 4.78 is 5.31. The van der Waals surface area contributed by atoms with Crippen molar-refractivity contribution in [2.45, 2.75) is 20.8 Å². The zero-order chi connectivity index (χ0) is 16.6. The Kier molecular flexibility index (Phi) is 3.70. The molecule has 0 aliphatic heterocycles. The molecule has 116 valence electrons. The quantitative estimate of drug-likeness (QED) is 0.595. The van der Waals surface area contributed by atoms with Gasteiger partial charge >= 0.3 is 5.97 Å². The van der Waals surface area contributed by atoms with E-state index in [9.17, 15) is 9.59 Å². The Morgan fingerprint density at radius 1 is 1.09 bits per heavy atom. The molecule has 5 nitrogen and oxygen atoms in total. The Morgan fingerprint density at radius 3 is 2.52 bits per heavy atom. The zero-order valence-corrected chi connectivity index (χ0v) is 13.1. The Morgan fingerprint density at radius 2 is 1.83 bits per heavy atom. The number of carbonyl (C=O) groups excluding carboxylic acids is 2. The van der Waals surface area contributed by atoms with Crippen molar-refractivity contribution in [3.05, 3.63) is 59.0 Å². The van der Waals surface area contributed by atoms with Gasteiger partial charge in [-0.05, 0) is 43.7 Å². The maximum atomic E-state index is 12.8. The molecule has 5 heteroatoms. The predicted molar refractivity (Wildman–Crippen MR) is 86.8 cm³/mol. The lowest BCUT2D eigenvalue weighted by atomic mass is 10.1. The monoisotopic (exact) mass is 308 g/mol. The summed E-state index contributed by atoms with van der Waals surface area (Å²) in [6.45, 7) is 5.14. The number of rotatable bonds is 3. The first kappa shape index (κ1) is 15.0. The van der Waals surface area contributed by atoms with Gasteiger partial charge in [-0.2, -0.15) is 0 Å². The lowest BCUT2D eigenvalue weighted by Gasteiger charge is -2.04. The maximum absolute atomic E-state index is 12.8. The van der Waals surface area contributed by atoms with Crippen LogP contribution in [-0.2, 0) is 4.79 Å². The Labute approximate surface area is 133 Å². The molecule has 3 aromatic rings. The molecule has 0 fully saturated rings. The molecule has 3 rings (SSSR count). The average molecular weight is 308 g/mol. The van der Waals surface area contributed by atoms with Gasteiger partial charge in [-0.25, -0.2) is 0 Å². The highest BCUT2D eigenvalue weighted by molar-refractivity contribution is 6.12. The molecule has 0 atom stereocenters. The van der Waals surface area contributed by atoms with E-state index in [0.717, 1.165) is 16.6 Å². The van der Waals surface area contributed by atoms with Gasteiger partial charge in [0.15, 0.2) is 5.75 Å². The van der Waals surface area contributed by atoms with Crippen LogP contribution in [0.2, 0.25) is 0 Å². The van der Waals surface area contributed by atoms with Crippen LogP contribution in [0.25, 0.3) is 10.9 Å². The fourth-order valence-corrected chi connectivity index (χ4v) is 2.48. The number of esters is 1. The molecule has 0 amide bonds. The van der Waals surface area contributed by atoms with Crippen LogP contribution >= 0.6 is 0 Å². The van der Waals surface area contributed by atoms with Gasteiger partial charge in [0.25, 0.3) is 0 Å². The van der Waals surface area contributed by atoms with Gasteiger partial charge in [0.1, 0.15) is 11.4 Å². The van der Waals surface area contributed by atoms with Crippen LogP contribution in [0.3, 0.4) is 0 Å². The third-order valence-corrected chi connectivity index (χ3v) is 3.53. The molecule has 0 unspecified atom stereocenters. The molecule has 1 aromatic carbocycles. The van der Waals surface area contributed by atoms with E-state index in [2.05, 4.69) is 9.97 Å². The number of hydrogen-bond donors (Lipinski definition) is 1. The van der Waals surface area contributed by atoms with E-state index in [1.54, 1.807) is 12.3 Å². The third-order valence-electron chi connectivity index (χ3n) is 3.53. The standard InChI is InChI=1S/C18H16N2O3/c1-10-4-5-14-13(8-10)18(23-12(3)21)16(20-14)17(22)15-9-11(2)6-7-19-15/h4-9,20H,1-3H3. The molecule has 2 aromatic heterocycles. The minimum atomic E-state index is -0.473. The molecule has 1 N–H and O–H groups in total. The van der Waals surface area contributed by atoms with Crippen molar-refractivity contribution >= 4 is 22.7 Å². The molecule has 0 aliphatic carbocycles. The Bertz CT molecular complexity index is 925. The summed E-state index contributed by atoms with van der Waals surface area (Å²) >= 11 is 0. The van der Waals surface area contributed by atoms with Crippen molar-refractivity contribution in [1.82, 2.24) is 9.97 Å². The van der Waals surface area contributed by atoms with E-state index >= 15 is 0 Å². The first-order valence-corrected chi connectivity index (χ1v) is 7.24. The largest absolute Gasteiger partial charge is 0.424 e. The van der Waals surface area contributed by atoms with E-state index in [-0.39, 0.29) is 17.2 Å². The smallest absolute Gasteiger partial charge is 0.308 e. The van der Waals surface area contributed by atoms with Crippen molar-refractivity contribution < 1.29 is 14.3 Å². The number of H-pyrrole nitrogens is 1. The number of benzene rings is 1. The van der Waals surface area contributed by atoms with Crippen molar-refractivity contribution in [3.63, 3.8) is 0 Å². The first-order chi connectivity index (χ1) is 11.0. The van der Waals surface area contributed by atoms with Gasteiger partial charge in [-0.3, -0.25) is 14.6 Å². The summed E-state index contributed by atoms with van der Waals surface area (Å²) in [6.07, 6.45) is 1.58.